The van der Waals surface area contributed by atoms with E-state index < -0.39 is 5.72 Å². The van der Waals surface area contributed by atoms with Crippen molar-refractivity contribution in [2.45, 2.75) is 39.5 Å². The van der Waals surface area contributed by atoms with E-state index >= 15 is 0 Å². The van der Waals surface area contributed by atoms with Crippen LogP contribution in [0.25, 0.3) is 21.9 Å². The van der Waals surface area contributed by atoms with Gasteiger partial charge in [0.15, 0.2) is 11.7 Å². The van der Waals surface area contributed by atoms with Crippen LogP contribution in [0, 0.1) is 12.7 Å². The first-order valence-electron chi connectivity index (χ1n) is 11.4. The topological polar surface area (TPSA) is 106 Å². The van der Waals surface area contributed by atoms with E-state index in [4.69, 9.17) is 15.7 Å². The highest BCUT2D eigenvalue weighted by Gasteiger charge is 2.39. The molecule has 6 rings (SSSR count). The van der Waals surface area contributed by atoms with E-state index in [1.807, 2.05) is 37.6 Å². The lowest BCUT2D eigenvalue weighted by atomic mass is 9.99. The van der Waals surface area contributed by atoms with Crippen molar-refractivity contribution in [1.29, 1.82) is 0 Å². The van der Waals surface area contributed by atoms with E-state index in [-0.39, 0.29) is 5.82 Å². The van der Waals surface area contributed by atoms with Gasteiger partial charge in [0.05, 0.1) is 11.9 Å². The molecule has 0 amide bonds. The van der Waals surface area contributed by atoms with Gasteiger partial charge in [-0.2, -0.15) is 5.10 Å². The predicted octanol–water partition coefficient (Wildman–Crippen LogP) is 4.20. The highest BCUT2D eigenvalue weighted by Crippen LogP contribution is 2.33. The number of benzene rings is 1. The van der Waals surface area contributed by atoms with Crippen molar-refractivity contribution in [2.24, 2.45) is 5.16 Å². The zero-order valence-corrected chi connectivity index (χ0v) is 19.7. The molecule has 10 heteroatoms. The number of nitrogen functional groups attached to an aromatic ring is 1. The van der Waals surface area contributed by atoms with Crippen LogP contribution in [-0.2, 0) is 17.8 Å². The number of oxime groups is 1. The molecule has 9 nitrogen and oxygen atoms in total. The molecule has 1 aromatic carbocycles. The summed E-state index contributed by atoms with van der Waals surface area (Å²) in [6.07, 6.45) is 5.68. The van der Waals surface area contributed by atoms with Crippen LogP contribution >= 0.6 is 0 Å². The second-order valence-electron chi connectivity index (χ2n) is 9.40. The number of halogens is 1. The molecule has 0 saturated heterocycles. The van der Waals surface area contributed by atoms with Crippen molar-refractivity contribution in [2.75, 3.05) is 17.6 Å². The quantitative estimate of drug-likeness (QED) is 0.460. The van der Waals surface area contributed by atoms with E-state index in [1.54, 1.807) is 24.7 Å². The maximum Gasteiger partial charge on any atom is 0.205 e. The van der Waals surface area contributed by atoms with Crippen LogP contribution in [0.1, 0.15) is 25.1 Å². The summed E-state index contributed by atoms with van der Waals surface area (Å²) < 4.78 is 16.9. The van der Waals surface area contributed by atoms with Crippen molar-refractivity contribution >= 4 is 33.9 Å². The molecule has 0 spiro atoms. The number of nitrogens with one attached hydrogen (secondary N) is 1. The van der Waals surface area contributed by atoms with Gasteiger partial charge in [-0.1, -0.05) is 5.16 Å². The Labute approximate surface area is 201 Å². The average Bonchev–Trinajstić information content (AvgIpc) is 3.26. The molecular formula is C25H25FN8O. The van der Waals surface area contributed by atoms with Crippen molar-refractivity contribution in [3.63, 3.8) is 0 Å². The SMILES string of the molecule is Cc1c(N)cncc1-c1cc2cc(Nc3cc4n(n3)CC3=NOC(C)(C)N3CC4)ncc2cc1F. The fraction of sp³-hybridized carbons (Fsp3) is 0.280. The minimum absolute atomic E-state index is 0.343. The highest BCUT2D eigenvalue weighted by molar-refractivity contribution is 5.90. The number of anilines is 3. The number of rotatable bonds is 3. The van der Waals surface area contributed by atoms with Gasteiger partial charge < -0.3 is 20.8 Å². The number of fused-ring (bicyclic) bond motifs is 3. The number of hydrogen-bond acceptors (Lipinski definition) is 8. The first kappa shape index (κ1) is 21.3. The molecule has 0 fully saturated rings. The van der Waals surface area contributed by atoms with Crippen molar-refractivity contribution in [1.82, 2.24) is 24.6 Å². The molecule has 35 heavy (non-hydrogen) atoms. The monoisotopic (exact) mass is 472 g/mol. The molecule has 3 aromatic heterocycles. The minimum Gasteiger partial charge on any atom is -0.397 e. The van der Waals surface area contributed by atoms with Gasteiger partial charge in [-0.05, 0) is 49.9 Å². The molecule has 5 heterocycles. The molecule has 0 saturated carbocycles. The van der Waals surface area contributed by atoms with Gasteiger partial charge in [-0.3, -0.25) is 9.67 Å². The molecule has 0 unspecified atom stereocenters. The number of nitrogens with zero attached hydrogens (tertiary/aromatic N) is 6. The lowest BCUT2D eigenvalue weighted by Crippen LogP contribution is -2.44. The third kappa shape index (κ3) is 3.61. The Hall–Kier alpha value is -4.21. The van der Waals surface area contributed by atoms with E-state index in [1.165, 1.54) is 6.07 Å². The zero-order valence-electron chi connectivity index (χ0n) is 19.7. The maximum atomic E-state index is 14.9. The summed E-state index contributed by atoms with van der Waals surface area (Å²) in [5.41, 5.74) is 9.11. The van der Waals surface area contributed by atoms with Crippen LogP contribution in [0.3, 0.4) is 0 Å². The predicted molar refractivity (Wildman–Crippen MR) is 133 cm³/mol. The number of hydrogen-bond donors (Lipinski definition) is 2. The minimum atomic E-state index is -0.437. The van der Waals surface area contributed by atoms with Gasteiger partial charge in [0.25, 0.3) is 0 Å². The zero-order chi connectivity index (χ0) is 24.3. The standard InChI is InChI=1S/C25H25FN8O/c1-14-19(11-28-12-21(14)27)18-6-15-8-22(29-10-16(15)7-20(18)26)30-23-9-17-4-5-33-24(13-34(17)31-23)32-35-25(33,2)3/h6-12H,4-5,13,27H2,1-3H3,(H,29,30,31). The Morgan fingerprint density at radius 3 is 2.77 bits per heavy atom. The number of amidine groups is 1. The first-order valence-corrected chi connectivity index (χ1v) is 11.4. The second kappa shape index (κ2) is 7.66. The lowest BCUT2D eigenvalue weighted by molar-refractivity contribution is -0.0679. The Kier molecular flexibility index (Phi) is 4.67. The molecule has 2 aliphatic heterocycles. The van der Waals surface area contributed by atoms with Gasteiger partial charge in [0.1, 0.15) is 18.2 Å². The summed E-state index contributed by atoms with van der Waals surface area (Å²) in [4.78, 5) is 16.3. The fourth-order valence-electron chi connectivity index (χ4n) is 4.69. The van der Waals surface area contributed by atoms with E-state index in [2.05, 4.69) is 25.3 Å². The third-order valence-corrected chi connectivity index (χ3v) is 6.69. The Bertz CT molecular complexity index is 1510. The van der Waals surface area contributed by atoms with Gasteiger partial charge >= 0.3 is 0 Å². The highest BCUT2D eigenvalue weighted by atomic mass is 19.1. The molecule has 0 radical (unpaired) electrons. The molecule has 178 valence electrons. The van der Waals surface area contributed by atoms with Crippen molar-refractivity contribution < 1.29 is 9.23 Å². The number of pyridine rings is 2. The Morgan fingerprint density at radius 2 is 1.91 bits per heavy atom. The van der Waals surface area contributed by atoms with Crippen LogP contribution in [0.2, 0.25) is 0 Å². The average molecular weight is 473 g/mol. The molecule has 4 aromatic rings. The summed E-state index contributed by atoms with van der Waals surface area (Å²) in [7, 11) is 0. The van der Waals surface area contributed by atoms with Gasteiger partial charge in [0, 0.05) is 53.6 Å². The third-order valence-electron chi connectivity index (χ3n) is 6.69. The lowest BCUT2D eigenvalue weighted by Gasteiger charge is -2.29. The summed E-state index contributed by atoms with van der Waals surface area (Å²) in [5.74, 6) is 1.84. The van der Waals surface area contributed by atoms with Crippen LogP contribution < -0.4 is 11.1 Å². The van der Waals surface area contributed by atoms with Gasteiger partial charge in [-0.15, -0.1) is 0 Å². The number of nitrogens with two attached hydrogens (primary N) is 1. The number of aromatic nitrogens is 4. The smallest absolute Gasteiger partial charge is 0.205 e. The first-order chi connectivity index (χ1) is 16.8. The van der Waals surface area contributed by atoms with E-state index in [0.29, 0.717) is 40.4 Å². The Balaban J connectivity index is 1.30. The van der Waals surface area contributed by atoms with Crippen molar-refractivity contribution in [3.05, 3.63) is 59.9 Å². The van der Waals surface area contributed by atoms with E-state index in [0.717, 1.165) is 35.4 Å². The van der Waals surface area contributed by atoms with Crippen LogP contribution in [0.4, 0.5) is 21.7 Å². The molecule has 0 atom stereocenters. The normalized spacial score (nSPS) is 16.3. The molecule has 0 aliphatic carbocycles. The van der Waals surface area contributed by atoms with Crippen molar-refractivity contribution in [3.8, 4) is 11.1 Å². The van der Waals surface area contributed by atoms with Gasteiger partial charge in [-0.25, -0.2) is 9.37 Å². The maximum absolute atomic E-state index is 14.9. The van der Waals surface area contributed by atoms with Crippen LogP contribution in [0.15, 0.2) is 48.0 Å². The van der Waals surface area contributed by atoms with Crippen LogP contribution in [0.5, 0.6) is 0 Å². The molecular weight excluding hydrogens is 447 g/mol. The molecule has 3 N–H and O–H groups in total. The Morgan fingerprint density at radius 1 is 1.06 bits per heavy atom. The largest absolute Gasteiger partial charge is 0.397 e. The summed E-state index contributed by atoms with van der Waals surface area (Å²) >= 11 is 0. The fourth-order valence-corrected chi connectivity index (χ4v) is 4.69. The van der Waals surface area contributed by atoms with E-state index in [9.17, 15) is 4.39 Å². The van der Waals surface area contributed by atoms with Gasteiger partial charge in [0.2, 0.25) is 5.72 Å². The van der Waals surface area contributed by atoms with Crippen LogP contribution in [-0.4, -0.2) is 42.8 Å². The molecule has 0 bridgehead atoms. The summed E-state index contributed by atoms with van der Waals surface area (Å²) in [6.45, 7) is 7.23. The summed E-state index contributed by atoms with van der Waals surface area (Å²) in [6, 6.07) is 7.20. The molecule has 2 aliphatic rings. The second-order valence-corrected chi connectivity index (χ2v) is 9.40. The summed E-state index contributed by atoms with van der Waals surface area (Å²) in [5, 5.41) is 13.8.